The summed E-state index contributed by atoms with van der Waals surface area (Å²) in [6, 6.07) is 4.58. The van der Waals surface area contributed by atoms with Crippen LogP contribution in [0.2, 0.25) is 0 Å². The van der Waals surface area contributed by atoms with Gasteiger partial charge < -0.3 is 9.64 Å². The lowest BCUT2D eigenvalue weighted by atomic mass is 9.63. The van der Waals surface area contributed by atoms with Gasteiger partial charge in [0.05, 0.1) is 36.2 Å². The Hall–Kier alpha value is -3.07. The van der Waals surface area contributed by atoms with Crippen LogP contribution in [0.25, 0.3) is 0 Å². The number of imide groups is 1. The topological polar surface area (TPSA) is 105 Å². The number of nitro groups is 1. The number of nitro benzene ring substituents is 1. The fourth-order valence-electron chi connectivity index (χ4n) is 6.03. The highest BCUT2D eigenvalue weighted by Gasteiger charge is 2.67. The Labute approximate surface area is 178 Å². The molecule has 9 nitrogen and oxygen atoms in total. The zero-order valence-electron chi connectivity index (χ0n) is 16.8. The summed E-state index contributed by atoms with van der Waals surface area (Å²) in [5, 5.41) is 16.6. The molecule has 0 unspecified atom stereocenters. The summed E-state index contributed by atoms with van der Waals surface area (Å²) in [5.74, 6) is 0.225. The number of morpholine rings is 1. The van der Waals surface area contributed by atoms with Gasteiger partial charge in [0.2, 0.25) is 0 Å². The molecule has 1 aromatic rings. The number of amides is 2. The Morgan fingerprint density at radius 2 is 1.71 bits per heavy atom. The van der Waals surface area contributed by atoms with Gasteiger partial charge in [-0.05, 0) is 36.2 Å². The number of hydrazone groups is 1. The van der Waals surface area contributed by atoms with E-state index < -0.39 is 4.92 Å². The Balaban J connectivity index is 1.32. The van der Waals surface area contributed by atoms with Crippen LogP contribution in [0.4, 0.5) is 11.4 Å². The first-order valence-electron chi connectivity index (χ1n) is 10.8. The predicted molar refractivity (Wildman–Crippen MR) is 110 cm³/mol. The molecule has 7 rings (SSSR count). The molecule has 4 aliphatic carbocycles. The van der Waals surface area contributed by atoms with Gasteiger partial charge in [-0.1, -0.05) is 12.2 Å². The normalized spacial score (nSPS) is 35.6. The van der Waals surface area contributed by atoms with Crippen molar-refractivity contribution in [3.63, 3.8) is 0 Å². The van der Waals surface area contributed by atoms with E-state index in [1.807, 2.05) is 0 Å². The van der Waals surface area contributed by atoms with Gasteiger partial charge in [-0.2, -0.15) is 10.1 Å². The Morgan fingerprint density at radius 1 is 1.06 bits per heavy atom. The largest absolute Gasteiger partial charge is 0.378 e. The van der Waals surface area contributed by atoms with Crippen molar-refractivity contribution in [1.82, 2.24) is 5.01 Å². The minimum Gasteiger partial charge on any atom is -0.378 e. The van der Waals surface area contributed by atoms with Crippen LogP contribution in [0, 0.1) is 45.6 Å². The van der Waals surface area contributed by atoms with Crippen LogP contribution in [0.5, 0.6) is 0 Å². The van der Waals surface area contributed by atoms with Gasteiger partial charge in [-0.3, -0.25) is 19.7 Å². The third-order valence-corrected chi connectivity index (χ3v) is 7.53. The van der Waals surface area contributed by atoms with Gasteiger partial charge in [0, 0.05) is 36.5 Å². The molecule has 6 atom stereocenters. The second-order valence-electron chi connectivity index (χ2n) is 8.99. The molecule has 2 saturated heterocycles. The average Bonchev–Trinajstić information content (AvgIpc) is 3.57. The second-order valence-corrected chi connectivity index (χ2v) is 8.99. The fourth-order valence-corrected chi connectivity index (χ4v) is 6.03. The van der Waals surface area contributed by atoms with E-state index in [-0.39, 0.29) is 41.2 Å². The number of anilines is 1. The van der Waals surface area contributed by atoms with Crippen LogP contribution < -0.4 is 4.90 Å². The number of hydrogen-bond donors (Lipinski definition) is 0. The zero-order valence-corrected chi connectivity index (χ0v) is 16.8. The molecule has 4 fully saturated rings. The molecule has 31 heavy (non-hydrogen) atoms. The summed E-state index contributed by atoms with van der Waals surface area (Å²) in [4.78, 5) is 39.1. The molecule has 2 bridgehead atoms. The van der Waals surface area contributed by atoms with E-state index in [0.29, 0.717) is 43.7 Å². The van der Waals surface area contributed by atoms with Gasteiger partial charge in [0.25, 0.3) is 17.5 Å². The Kier molecular flexibility index (Phi) is 4.05. The molecule has 0 spiro atoms. The lowest BCUT2D eigenvalue weighted by Gasteiger charge is -2.37. The lowest BCUT2D eigenvalue weighted by Crippen LogP contribution is -2.40. The molecule has 0 aromatic heterocycles. The maximum atomic E-state index is 13.1. The smallest absolute Gasteiger partial charge is 0.270 e. The first-order chi connectivity index (χ1) is 15.0. The number of hydrogen-bond acceptors (Lipinski definition) is 7. The highest BCUT2D eigenvalue weighted by atomic mass is 16.6. The monoisotopic (exact) mass is 422 g/mol. The summed E-state index contributed by atoms with van der Waals surface area (Å²) >= 11 is 0. The molecular formula is C22H22N4O5. The maximum Gasteiger partial charge on any atom is 0.270 e. The van der Waals surface area contributed by atoms with Crippen LogP contribution in [0.15, 0.2) is 35.5 Å². The first-order valence-corrected chi connectivity index (χ1v) is 10.8. The highest BCUT2D eigenvalue weighted by molar-refractivity contribution is 6.07. The second kappa shape index (κ2) is 6.71. The number of rotatable bonds is 4. The van der Waals surface area contributed by atoms with Crippen LogP contribution >= 0.6 is 0 Å². The first kappa shape index (κ1) is 18.7. The van der Waals surface area contributed by atoms with Crippen LogP contribution in [-0.4, -0.2) is 54.3 Å². The van der Waals surface area contributed by atoms with Crippen molar-refractivity contribution >= 4 is 29.4 Å². The van der Waals surface area contributed by atoms with Crippen LogP contribution in [-0.2, 0) is 14.3 Å². The third-order valence-electron chi connectivity index (χ3n) is 7.53. The molecule has 2 saturated carbocycles. The summed E-state index contributed by atoms with van der Waals surface area (Å²) in [6.45, 7) is 2.45. The standard InChI is InChI=1S/C22H22N4O5/c27-21-19-14-2-3-15(17-10-16(14)17)20(19)22(28)25(21)23-11-12-9-13(26(29)30)1-4-18(12)24-5-7-31-8-6-24/h1-4,9,11,14-17,19-20H,5-8,10H2/b23-11-/t14-,15-,16-,17+,19-,20+/m0/s1. The minimum atomic E-state index is -0.462. The van der Waals surface area contributed by atoms with Crippen molar-refractivity contribution in [3.05, 3.63) is 46.0 Å². The Morgan fingerprint density at radius 3 is 2.32 bits per heavy atom. The van der Waals surface area contributed by atoms with Gasteiger partial charge in [-0.25, -0.2) is 0 Å². The molecule has 6 aliphatic rings. The summed E-state index contributed by atoms with van der Waals surface area (Å²) in [6.07, 6.45) is 6.77. The average molecular weight is 422 g/mol. The quantitative estimate of drug-likeness (QED) is 0.241. The maximum absolute atomic E-state index is 13.1. The van der Waals surface area contributed by atoms with E-state index in [2.05, 4.69) is 22.2 Å². The number of allylic oxidation sites excluding steroid dienone is 2. The SMILES string of the molecule is O=C1[C@@H]2[C@H]3C=C[C@@H]([C@@H]4C[C@H]34)[C@@H]2C(=O)N1/N=C\c1cc([N+](=O)[O-])ccc1N1CCOCC1. The minimum absolute atomic E-state index is 0.0615. The number of benzene rings is 1. The molecule has 0 N–H and O–H groups in total. The van der Waals surface area contributed by atoms with Crippen molar-refractivity contribution in [3.8, 4) is 0 Å². The van der Waals surface area contributed by atoms with Gasteiger partial charge in [-0.15, -0.1) is 0 Å². The molecule has 2 amide bonds. The number of nitrogens with zero attached hydrogens (tertiary/aromatic N) is 4. The van der Waals surface area contributed by atoms with E-state index in [0.717, 1.165) is 17.1 Å². The number of carbonyl (C=O) groups excluding carboxylic acids is 2. The molecule has 2 aliphatic heterocycles. The van der Waals surface area contributed by atoms with Crippen LogP contribution in [0.1, 0.15) is 12.0 Å². The van der Waals surface area contributed by atoms with E-state index in [4.69, 9.17) is 4.74 Å². The van der Waals surface area contributed by atoms with Crippen molar-refractivity contribution < 1.29 is 19.2 Å². The van der Waals surface area contributed by atoms with Crippen LogP contribution in [0.3, 0.4) is 0 Å². The van der Waals surface area contributed by atoms with Gasteiger partial charge >= 0.3 is 0 Å². The number of ether oxygens (including phenoxy) is 1. The molecule has 0 radical (unpaired) electrons. The fraction of sp³-hybridized carbons (Fsp3) is 0.500. The van der Waals surface area contributed by atoms with Crippen molar-refractivity contribution in [1.29, 1.82) is 0 Å². The van der Waals surface area contributed by atoms with E-state index in [1.165, 1.54) is 18.3 Å². The van der Waals surface area contributed by atoms with Gasteiger partial charge in [0.15, 0.2) is 0 Å². The molecule has 2 heterocycles. The molecule has 160 valence electrons. The lowest BCUT2D eigenvalue weighted by molar-refractivity contribution is -0.384. The molecule has 9 heteroatoms. The highest BCUT2D eigenvalue weighted by Crippen LogP contribution is 2.65. The number of carbonyl (C=O) groups is 2. The molecular weight excluding hydrogens is 400 g/mol. The number of non-ortho nitro benzene ring substituents is 1. The summed E-state index contributed by atoms with van der Waals surface area (Å²) < 4.78 is 5.40. The predicted octanol–water partition coefficient (Wildman–Crippen LogP) is 1.82. The Bertz CT molecular complexity index is 1010. The van der Waals surface area contributed by atoms with Gasteiger partial charge in [0.1, 0.15) is 0 Å². The van der Waals surface area contributed by atoms with E-state index >= 15 is 0 Å². The third kappa shape index (κ3) is 2.76. The zero-order chi connectivity index (χ0) is 21.3. The molecule has 1 aromatic carbocycles. The van der Waals surface area contributed by atoms with E-state index in [1.54, 1.807) is 6.07 Å². The van der Waals surface area contributed by atoms with E-state index in [9.17, 15) is 19.7 Å². The van der Waals surface area contributed by atoms with Crippen molar-refractivity contribution in [2.75, 3.05) is 31.2 Å². The van der Waals surface area contributed by atoms with Crippen molar-refractivity contribution in [2.45, 2.75) is 6.42 Å². The summed E-state index contributed by atoms with van der Waals surface area (Å²) in [5.41, 5.74) is 1.22. The summed E-state index contributed by atoms with van der Waals surface area (Å²) in [7, 11) is 0. The van der Waals surface area contributed by atoms with Crippen molar-refractivity contribution in [2.24, 2.45) is 40.6 Å².